The van der Waals surface area contributed by atoms with Crippen LogP contribution < -0.4 is 0 Å². The first-order valence-corrected chi connectivity index (χ1v) is 6.38. The third-order valence-corrected chi connectivity index (χ3v) is 4.32. The van der Waals surface area contributed by atoms with Crippen LogP contribution in [0, 0.1) is 0 Å². The summed E-state index contributed by atoms with van der Waals surface area (Å²) in [4.78, 5) is 0. The van der Waals surface area contributed by atoms with Crippen LogP contribution in [0.2, 0.25) is 6.04 Å². The molecule has 0 radical (unpaired) electrons. The molecule has 0 spiro atoms. The second-order valence-electron chi connectivity index (χ2n) is 2.27. The van der Waals surface area contributed by atoms with Crippen LogP contribution in [0.3, 0.4) is 0 Å². The van der Waals surface area contributed by atoms with E-state index < -0.39 is 0 Å². The Balaban J connectivity index is 3.31. The van der Waals surface area contributed by atoms with E-state index in [1.807, 2.05) is 0 Å². The van der Waals surface area contributed by atoms with Gasteiger partial charge in [0.15, 0.2) is 0 Å². The summed E-state index contributed by atoms with van der Waals surface area (Å²) in [5.41, 5.74) is 0. The van der Waals surface area contributed by atoms with Gasteiger partial charge in [-0.25, -0.2) is 0 Å². The highest BCUT2D eigenvalue weighted by atomic mass is 35.5. The smallest absolute Gasteiger partial charge is 0.0497 e. The Kier molecular flexibility index (Phi) is 7.51. The van der Waals surface area contributed by atoms with Crippen molar-refractivity contribution in [1.82, 2.24) is 0 Å². The van der Waals surface area contributed by atoms with Crippen LogP contribution in [0.5, 0.6) is 0 Å². The highest BCUT2D eigenvalue weighted by Gasteiger charge is 2.13. The predicted molar refractivity (Wildman–Crippen MR) is 54.0 cm³/mol. The lowest BCUT2D eigenvalue weighted by atomic mass is 10.2. The largest absolute Gasteiger partial charge is 0.127 e. The Bertz CT molecular complexity index is 79.4. The molecular formula is C6H13Cl3Si. The summed E-state index contributed by atoms with van der Waals surface area (Å²) in [6, 6.07) is 1.07. The predicted octanol–water partition coefficient (Wildman–Crippen LogP) is 2.00. The number of hydrogen-bond acceptors (Lipinski definition) is 0. The van der Waals surface area contributed by atoms with Crippen molar-refractivity contribution in [3.63, 3.8) is 0 Å². The zero-order chi connectivity index (χ0) is 7.98. The highest BCUT2D eigenvalue weighted by Crippen LogP contribution is 2.17. The van der Waals surface area contributed by atoms with E-state index in [-0.39, 0.29) is 10.8 Å². The molecule has 0 aliphatic carbocycles. The molecule has 0 amide bonds. The van der Waals surface area contributed by atoms with Crippen molar-refractivity contribution < 1.29 is 0 Å². The molecule has 0 saturated heterocycles. The maximum Gasteiger partial charge on any atom is 0.0497 e. The van der Waals surface area contributed by atoms with Gasteiger partial charge in [0, 0.05) is 26.9 Å². The summed E-state index contributed by atoms with van der Waals surface area (Å²) < 4.78 is 0. The van der Waals surface area contributed by atoms with Gasteiger partial charge in [-0.15, -0.1) is 34.8 Å². The summed E-state index contributed by atoms with van der Waals surface area (Å²) in [5.74, 6) is 0.688. The third kappa shape index (κ3) is 4.83. The van der Waals surface area contributed by atoms with E-state index in [0.29, 0.717) is 5.88 Å². The summed E-state index contributed by atoms with van der Waals surface area (Å²) in [7, 11) is 1.13. The minimum atomic E-state index is 0.123. The zero-order valence-corrected chi connectivity index (χ0v) is 10.4. The number of hydrogen-bond donors (Lipinski definition) is 0. The van der Waals surface area contributed by atoms with Gasteiger partial charge in [0.2, 0.25) is 0 Å². The van der Waals surface area contributed by atoms with Gasteiger partial charge in [0.25, 0.3) is 0 Å². The molecule has 0 aliphatic heterocycles. The molecule has 0 nitrogen and oxygen atoms in total. The molecule has 0 aromatic heterocycles. The quantitative estimate of drug-likeness (QED) is 0.490. The summed E-state index contributed by atoms with van der Waals surface area (Å²) in [6.45, 7) is 0. The van der Waals surface area contributed by atoms with E-state index in [1.165, 1.54) is 0 Å². The monoisotopic (exact) mass is 218 g/mol. The van der Waals surface area contributed by atoms with Crippen LogP contribution in [0.4, 0.5) is 0 Å². The zero-order valence-electron chi connectivity index (χ0n) is 6.12. The minimum absolute atomic E-state index is 0.123. The maximum absolute atomic E-state index is 5.94. The molecule has 62 valence electrons. The number of halogens is 3. The second kappa shape index (κ2) is 6.78. The van der Waals surface area contributed by atoms with E-state index >= 15 is 0 Å². The lowest BCUT2D eigenvalue weighted by Gasteiger charge is -2.12. The molecule has 2 atom stereocenters. The Hall–Kier alpha value is 1.09. The van der Waals surface area contributed by atoms with Crippen LogP contribution in [0.25, 0.3) is 0 Å². The number of rotatable bonds is 5. The molecule has 0 rings (SSSR count). The highest BCUT2D eigenvalue weighted by molar-refractivity contribution is 6.32. The van der Waals surface area contributed by atoms with E-state index in [1.54, 1.807) is 0 Å². The summed E-state index contributed by atoms with van der Waals surface area (Å²) in [6.07, 6.45) is 1.92. The van der Waals surface area contributed by atoms with Crippen LogP contribution in [0.1, 0.15) is 12.8 Å². The van der Waals surface area contributed by atoms with E-state index in [0.717, 1.165) is 29.1 Å². The van der Waals surface area contributed by atoms with Gasteiger partial charge in [-0.2, -0.15) is 0 Å². The van der Waals surface area contributed by atoms with E-state index in [4.69, 9.17) is 34.8 Å². The summed E-state index contributed by atoms with van der Waals surface area (Å²) >= 11 is 17.4. The Morgan fingerprint density at radius 3 is 2.20 bits per heavy atom. The molecule has 0 N–H and O–H groups in total. The maximum atomic E-state index is 5.94. The van der Waals surface area contributed by atoms with E-state index in [2.05, 4.69) is 0 Å². The average Bonchev–Trinajstić information content (AvgIpc) is 1.98. The minimum Gasteiger partial charge on any atom is -0.127 e. The van der Waals surface area contributed by atoms with Crippen LogP contribution >= 0.6 is 34.8 Å². The lowest BCUT2D eigenvalue weighted by Crippen LogP contribution is -2.14. The van der Waals surface area contributed by atoms with Crippen molar-refractivity contribution in [2.24, 2.45) is 0 Å². The van der Waals surface area contributed by atoms with Crippen LogP contribution in [-0.2, 0) is 0 Å². The van der Waals surface area contributed by atoms with Crippen molar-refractivity contribution in [2.75, 3.05) is 5.88 Å². The molecule has 2 unspecified atom stereocenters. The van der Waals surface area contributed by atoms with Gasteiger partial charge in [0.1, 0.15) is 0 Å². The molecule has 0 heterocycles. The molecule has 0 aromatic rings. The summed E-state index contributed by atoms with van der Waals surface area (Å²) in [5, 5.41) is 0.287. The normalized spacial score (nSPS) is 17.1. The lowest BCUT2D eigenvalue weighted by molar-refractivity contribution is 0.719. The van der Waals surface area contributed by atoms with Crippen LogP contribution in [0.15, 0.2) is 0 Å². The molecule has 10 heavy (non-hydrogen) atoms. The van der Waals surface area contributed by atoms with Crippen molar-refractivity contribution in [2.45, 2.75) is 29.6 Å². The first kappa shape index (κ1) is 11.1. The van der Waals surface area contributed by atoms with Gasteiger partial charge in [0.05, 0.1) is 0 Å². The molecule has 0 aliphatic rings. The Morgan fingerprint density at radius 1 is 1.20 bits per heavy atom. The first-order valence-electron chi connectivity index (χ1n) is 3.56. The fourth-order valence-corrected chi connectivity index (χ4v) is 2.19. The SMILES string of the molecule is [SiH3]CC(Cl)C(Cl)CCCCl. The van der Waals surface area contributed by atoms with Gasteiger partial charge < -0.3 is 0 Å². The molecule has 4 heteroatoms. The molecule has 0 aromatic carbocycles. The Labute approximate surface area is 80.6 Å². The Morgan fingerprint density at radius 2 is 1.80 bits per heavy atom. The topological polar surface area (TPSA) is 0 Å². The van der Waals surface area contributed by atoms with E-state index in [9.17, 15) is 0 Å². The molecule has 0 saturated carbocycles. The van der Waals surface area contributed by atoms with Crippen LogP contribution in [-0.4, -0.2) is 26.9 Å². The fraction of sp³-hybridized carbons (Fsp3) is 1.00. The number of alkyl halides is 3. The van der Waals surface area contributed by atoms with Gasteiger partial charge >= 0.3 is 0 Å². The molecular weight excluding hydrogens is 207 g/mol. The van der Waals surface area contributed by atoms with Crippen molar-refractivity contribution in [3.05, 3.63) is 0 Å². The average molecular weight is 220 g/mol. The second-order valence-corrected chi connectivity index (χ2v) is 4.59. The van der Waals surface area contributed by atoms with Crippen molar-refractivity contribution >= 4 is 45.0 Å². The standard InChI is InChI=1S/C6H13Cl3Si/c7-3-1-2-5(8)6(9)4-10/h5-6H,1-4H2,10H3. The van der Waals surface area contributed by atoms with Gasteiger partial charge in [-0.05, 0) is 18.9 Å². The van der Waals surface area contributed by atoms with Crippen molar-refractivity contribution in [3.8, 4) is 0 Å². The van der Waals surface area contributed by atoms with Gasteiger partial charge in [-0.1, -0.05) is 0 Å². The van der Waals surface area contributed by atoms with Crippen molar-refractivity contribution in [1.29, 1.82) is 0 Å². The van der Waals surface area contributed by atoms with Gasteiger partial charge in [-0.3, -0.25) is 0 Å². The molecule has 0 fully saturated rings. The molecule has 0 bridgehead atoms. The fourth-order valence-electron chi connectivity index (χ4n) is 0.709. The third-order valence-electron chi connectivity index (χ3n) is 1.40. The first-order chi connectivity index (χ1) is 4.72.